The third-order valence-corrected chi connectivity index (χ3v) is 5.24. The number of esters is 1. The van der Waals surface area contributed by atoms with Crippen LogP contribution >= 0.6 is 0 Å². The summed E-state index contributed by atoms with van der Waals surface area (Å²) >= 11 is 0. The van der Waals surface area contributed by atoms with Crippen LogP contribution in [-0.2, 0) is 9.53 Å². The molecule has 8 nitrogen and oxygen atoms in total. The first-order valence-corrected chi connectivity index (χ1v) is 10.5. The van der Waals surface area contributed by atoms with Gasteiger partial charge in [-0.15, -0.1) is 0 Å². The fraction of sp³-hybridized carbons (Fsp3) is 0.154. The second kappa shape index (κ2) is 9.58. The Morgan fingerprint density at radius 1 is 0.824 bits per heavy atom. The third-order valence-electron chi connectivity index (χ3n) is 5.24. The van der Waals surface area contributed by atoms with E-state index in [-0.39, 0.29) is 28.3 Å². The van der Waals surface area contributed by atoms with Gasteiger partial charge >= 0.3 is 5.97 Å². The van der Waals surface area contributed by atoms with Crippen molar-refractivity contribution >= 4 is 29.1 Å². The standard InChI is InChI=1S/C26H21NO7/c1-3-33-22-12-15(8-11-21(22)32-2)26(31)34-14-23(28)27-16-9-10-19-20(13-16)25(30)18-7-5-4-6-17(18)24(19)29/h4-13H,3,14H2,1-2H3,(H,27,28). The Morgan fingerprint density at radius 2 is 1.50 bits per heavy atom. The molecule has 0 heterocycles. The van der Waals surface area contributed by atoms with Crippen LogP contribution in [0.2, 0.25) is 0 Å². The van der Waals surface area contributed by atoms with Crippen LogP contribution in [0.25, 0.3) is 0 Å². The van der Waals surface area contributed by atoms with Crippen LogP contribution in [0.5, 0.6) is 11.5 Å². The summed E-state index contributed by atoms with van der Waals surface area (Å²) in [7, 11) is 1.49. The summed E-state index contributed by atoms with van der Waals surface area (Å²) < 4.78 is 15.7. The molecule has 0 saturated carbocycles. The van der Waals surface area contributed by atoms with Gasteiger partial charge in [0.05, 0.1) is 19.3 Å². The minimum atomic E-state index is -0.707. The molecule has 3 aromatic rings. The molecule has 0 fully saturated rings. The number of anilines is 1. The van der Waals surface area contributed by atoms with Crippen molar-refractivity contribution in [1.29, 1.82) is 0 Å². The lowest BCUT2D eigenvalue weighted by Crippen LogP contribution is -2.23. The Kier molecular flexibility index (Phi) is 6.40. The van der Waals surface area contributed by atoms with Crippen molar-refractivity contribution in [3.8, 4) is 11.5 Å². The molecule has 0 aliphatic heterocycles. The predicted octanol–water partition coefficient (Wildman–Crippen LogP) is 3.66. The summed E-state index contributed by atoms with van der Waals surface area (Å²) in [6, 6.07) is 15.6. The molecule has 0 aromatic heterocycles. The largest absolute Gasteiger partial charge is 0.493 e. The predicted molar refractivity (Wildman–Crippen MR) is 123 cm³/mol. The van der Waals surface area contributed by atoms with Crippen molar-refractivity contribution in [2.24, 2.45) is 0 Å². The Bertz CT molecular complexity index is 1310. The zero-order valence-corrected chi connectivity index (χ0v) is 18.5. The molecule has 0 unspecified atom stereocenters. The number of fused-ring (bicyclic) bond motifs is 2. The minimum Gasteiger partial charge on any atom is -0.493 e. The van der Waals surface area contributed by atoms with Gasteiger partial charge in [0.1, 0.15) is 0 Å². The highest BCUT2D eigenvalue weighted by atomic mass is 16.5. The molecule has 4 rings (SSSR count). The molecular formula is C26H21NO7. The highest BCUT2D eigenvalue weighted by Crippen LogP contribution is 2.30. The quantitative estimate of drug-likeness (QED) is 0.420. The van der Waals surface area contributed by atoms with Gasteiger partial charge in [0.2, 0.25) is 0 Å². The molecule has 0 spiro atoms. The molecule has 1 aliphatic carbocycles. The van der Waals surface area contributed by atoms with Crippen molar-refractivity contribution in [2.45, 2.75) is 6.92 Å². The molecule has 172 valence electrons. The topological polar surface area (TPSA) is 108 Å². The number of ether oxygens (including phenoxy) is 3. The second-order valence-electron chi connectivity index (χ2n) is 7.39. The lowest BCUT2D eigenvalue weighted by molar-refractivity contribution is -0.119. The first-order chi connectivity index (χ1) is 16.4. The van der Waals surface area contributed by atoms with E-state index in [9.17, 15) is 19.2 Å². The van der Waals surface area contributed by atoms with E-state index >= 15 is 0 Å². The van der Waals surface area contributed by atoms with Crippen molar-refractivity contribution in [2.75, 3.05) is 25.6 Å². The number of benzene rings is 3. The fourth-order valence-corrected chi connectivity index (χ4v) is 3.66. The number of hydrogen-bond donors (Lipinski definition) is 1. The third kappa shape index (κ3) is 4.38. The summed E-state index contributed by atoms with van der Waals surface area (Å²) in [5, 5.41) is 2.58. The van der Waals surface area contributed by atoms with Crippen LogP contribution in [0.3, 0.4) is 0 Å². The van der Waals surface area contributed by atoms with E-state index in [2.05, 4.69) is 5.32 Å². The minimum absolute atomic E-state index is 0.202. The van der Waals surface area contributed by atoms with Gasteiger partial charge in [0.15, 0.2) is 29.7 Å². The summed E-state index contributed by atoms with van der Waals surface area (Å²) in [5.74, 6) is -0.985. The van der Waals surface area contributed by atoms with Gasteiger partial charge in [-0.1, -0.05) is 24.3 Å². The van der Waals surface area contributed by atoms with E-state index in [1.54, 1.807) is 37.3 Å². The number of rotatable bonds is 7. The normalized spacial score (nSPS) is 11.8. The molecule has 0 bridgehead atoms. The number of ketones is 2. The molecule has 0 saturated heterocycles. The van der Waals surface area contributed by atoms with Crippen LogP contribution in [-0.4, -0.2) is 43.8 Å². The lowest BCUT2D eigenvalue weighted by Gasteiger charge is -2.18. The Balaban J connectivity index is 1.42. The first-order valence-electron chi connectivity index (χ1n) is 10.5. The molecule has 1 aliphatic rings. The van der Waals surface area contributed by atoms with Crippen LogP contribution in [0, 0.1) is 0 Å². The molecular weight excluding hydrogens is 438 g/mol. The van der Waals surface area contributed by atoms with Gasteiger partial charge in [0.25, 0.3) is 5.91 Å². The molecule has 1 amide bonds. The summed E-state index contributed by atoms with van der Waals surface area (Å²) in [5.41, 5.74) is 1.67. The van der Waals surface area contributed by atoms with E-state index in [0.717, 1.165) is 0 Å². The summed E-state index contributed by atoms with van der Waals surface area (Å²) in [6.45, 7) is 1.65. The highest BCUT2D eigenvalue weighted by molar-refractivity contribution is 6.28. The van der Waals surface area contributed by atoms with Gasteiger partial charge in [-0.05, 0) is 43.3 Å². The molecule has 34 heavy (non-hydrogen) atoms. The number of carbonyl (C=O) groups is 4. The van der Waals surface area contributed by atoms with Crippen LogP contribution in [0.4, 0.5) is 5.69 Å². The Morgan fingerprint density at radius 3 is 2.18 bits per heavy atom. The number of carbonyl (C=O) groups excluding carboxylic acids is 4. The molecule has 8 heteroatoms. The van der Waals surface area contributed by atoms with E-state index in [1.807, 2.05) is 0 Å². The lowest BCUT2D eigenvalue weighted by atomic mass is 9.84. The van der Waals surface area contributed by atoms with Gasteiger partial charge < -0.3 is 19.5 Å². The van der Waals surface area contributed by atoms with E-state index in [4.69, 9.17) is 14.2 Å². The van der Waals surface area contributed by atoms with Crippen molar-refractivity contribution in [3.63, 3.8) is 0 Å². The second-order valence-corrected chi connectivity index (χ2v) is 7.39. The van der Waals surface area contributed by atoms with Crippen LogP contribution in [0.15, 0.2) is 60.7 Å². The van der Waals surface area contributed by atoms with Gasteiger partial charge in [-0.2, -0.15) is 0 Å². The zero-order chi connectivity index (χ0) is 24.2. The maximum Gasteiger partial charge on any atom is 0.338 e. The number of hydrogen-bond acceptors (Lipinski definition) is 7. The maximum absolute atomic E-state index is 12.8. The molecule has 0 atom stereocenters. The summed E-state index contributed by atoms with van der Waals surface area (Å²) in [4.78, 5) is 50.2. The van der Waals surface area contributed by atoms with Crippen molar-refractivity contribution in [3.05, 3.63) is 88.5 Å². The smallest absolute Gasteiger partial charge is 0.338 e. The number of methoxy groups -OCH3 is 1. The van der Waals surface area contributed by atoms with Gasteiger partial charge in [-0.25, -0.2) is 4.79 Å². The van der Waals surface area contributed by atoms with E-state index in [1.165, 1.54) is 37.4 Å². The monoisotopic (exact) mass is 459 g/mol. The molecule has 1 N–H and O–H groups in total. The van der Waals surface area contributed by atoms with Crippen LogP contribution < -0.4 is 14.8 Å². The molecule has 0 radical (unpaired) electrons. The van der Waals surface area contributed by atoms with Gasteiger partial charge in [0, 0.05) is 27.9 Å². The Labute approximate surface area is 195 Å². The maximum atomic E-state index is 12.8. The SMILES string of the molecule is CCOc1cc(C(=O)OCC(=O)Nc2ccc3c(c2)C(=O)c2ccccc2C3=O)ccc1OC. The number of amides is 1. The summed E-state index contributed by atoms with van der Waals surface area (Å²) in [6.07, 6.45) is 0. The zero-order valence-electron chi connectivity index (χ0n) is 18.5. The first kappa shape index (κ1) is 22.7. The van der Waals surface area contributed by atoms with Crippen molar-refractivity contribution in [1.82, 2.24) is 0 Å². The van der Waals surface area contributed by atoms with E-state index < -0.39 is 18.5 Å². The fourth-order valence-electron chi connectivity index (χ4n) is 3.66. The average Bonchev–Trinajstić information content (AvgIpc) is 2.86. The number of nitrogens with one attached hydrogen (secondary N) is 1. The average molecular weight is 459 g/mol. The van der Waals surface area contributed by atoms with E-state index in [0.29, 0.717) is 34.9 Å². The van der Waals surface area contributed by atoms with Gasteiger partial charge in [-0.3, -0.25) is 14.4 Å². The van der Waals surface area contributed by atoms with Crippen molar-refractivity contribution < 1.29 is 33.4 Å². The molecule has 3 aromatic carbocycles. The highest BCUT2D eigenvalue weighted by Gasteiger charge is 2.29. The van der Waals surface area contributed by atoms with Crippen LogP contribution in [0.1, 0.15) is 49.1 Å². The Hall–Kier alpha value is -4.46.